The second-order valence-electron chi connectivity index (χ2n) is 8.31. The van der Waals surface area contributed by atoms with Crippen LogP contribution in [0.5, 0.6) is 5.75 Å². The molecule has 0 N–H and O–H groups in total. The zero-order valence-electron chi connectivity index (χ0n) is 15.8. The lowest BCUT2D eigenvalue weighted by Gasteiger charge is -2.39. The molecule has 1 aromatic rings. The third-order valence-electron chi connectivity index (χ3n) is 6.37. The summed E-state index contributed by atoms with van der Waals surface area (Å²) in [7, 11) is 1.68. The summed E-state index contributed by atoms with van der Waals surface area (Å²) in [6, 6.07) is 8.05. The van der Waals surface area contributed by atoms with E-state index in [4.69, 9.17) is 9.47 Å². The number of piperidine rings is 1. The zero-order chi connectivity index (χ0) is 18.0. The summed E-state index contributed by atoms with van der Waals surface area (Å²) >= 11 is 0. The fraction of sp³-hybridized carbons (Fsp3) is 0.667. The maximum atomic E-state index is 12.6. The summed E-state index contributed by atoms with van der Waals surface area (Å²) in [5.74, 6) is 1.87. The van der Waals surface area contributed by atoms with Crippen molar-refractivity contribution in [3.05, 3.63) is 29.8 Å². The van der Waals surface area contributed by atoms with Crippen LogP contribution < -0.4 is 4.74 Å². The summed E-state index contributed by atoms with van der Waals surface area (Å²) in [6.07, 6.45) is 4.20. The van der Waals surface area contributed by atoms with Gasteiger partial charge in [0, 0.05) is 32.7 Å². The van der Waals surface area contributed by atoms with Gasteiger partial charge in [-0.1, -0.05) is 12.1 Å². The second kappa shape index (κ2) is 7.57. The van der Waals surface area contributed by atoms with Crippen LogP contribution in [-0.2, 0) is 16.1 Å². The Bertz CT molecular complexity index is 634. The van der Waals surface area contributed by atoms with Gasteiger partial charge >= 0.3 is 0 Å². The van der Waals surface area contributed by atoms with Gasteiger partial charge in [0.2, 0.25) is 5.91 Å². The highest BCUT2D eigenvalue weighted by Gasteiger charge is 2.44. The Balaban J connectivity index is 1.32. The number of methoxy groups -OCH3 is 1. The SMILES string of the molecule is COc1cccc(CN2CC3(CCN(CC4CCOC4)CC3)CC2=O)c1. The predicted octanol–water partition coefficient (Wildman–Crippen LogP) is 2.55. The van der Waals surface area contributed by atoms with Gasteiger partial charge in [0.25, 0.3) is 0 Å². The molecular weight excluding hydrogens is 328 g/mol. The van der Waals surface area contributed by atoms with E-state index in [-0.39, 0.29) is 5.41 Å². The maximum Gasteiger partial charge on any atom is 0.223 e. The van der Waals surface area contributed by atoms with Gasteiger partial charge in [0.1, 0.15) is 5.75 Å². The number of hydrogen-bond donors (Lipinski definition) is 0. The molecule has 3 aliphatic rings. The summed E-state index contributed by atoms with van der Waals surface area (Å²) < 4.78 is 10.8. The molecule has 1 unspecified atom stereocenters. The van der Waals surface area contributed by atoms with E-state index in [1.807, 2.05) is 18.2 Å². The van der Waals surface area contributed by atoms with E-state index in [2.05, 4.69) is 15.9 Å². The van der Waals surface area contributed by atoms with E-state index >= 15 is 0 Å². The number of rotatable bonds is 5. The first-order valence-corrected chi connectivity index (χ1v) is 9.87. The van der Waals surface area contributed by atoms with Gasteiger partial charge in [-0.2, -0.15) is 0 Å². The molecule has 3 saturated heterocycles. The van der Waals surface area contributed by atoms with E-state index in [0.717, 1.165) is 70.0 Å². The van der Waals surface area contributed by atoms with Crippen LogP contribution in [-0.4, -0.2) is 62.2 Å². The molecule has 3 fully saturated rings. The van der Waals surface area contributed by atoms with E-state index in [0.29, 0.717) is 18.4 Å². The lowest BCUT2D eigenvalue weighted by molar-refractivity contribution is -0.128. The van der Waals surface area contributed by atoms with Crippen LogP contribution >= 0.6 is 0 Å². The highest BCUT2D eigenvalue weighted by Crippen LogP contribution is 2.41. The van der Waals surface area contributed by atoms with Crippen LogP contribution in [0.15, 0.2) is 24.3 Å². The van der Waals surface area contributed by atoms with E-state index in [1.54, 1.807) is 7.11 Å². The molecule has 3 aliphatic heterocycles. The van der Waals surface area contributed by atoms with Crippen molar-refractivity contribution in [2.75, 3.05) is 46.5 Å². The van der Waals surface area contributed by atoms with Gasteiger partial charge in [0.05, 0.1) is 13.7 Å². The predicted molar refractivity (Wildman–Crippen MR) is 100 cm³/mol. The highest BCUT2D eigenvalue weighted by molar-refractivity contribution is 5.79. The molecule has 3 heterocycles. The van der Waals surface area contributed by atoms with Gasteiger partial charge in [-0.15, -0.1) is 0 Å². The molecule has 0 aliphatic carbocycles. The van der Waals surface area contributed by atoms with Crippen molar-refractivity contribution in [3.8, 4) is 5.75 Å². The number of carbonyl (C=O) groups excluding carboxylic acids is 1. The summed E-state index contributed by atoms with van der Waals surface area (Å²) in [6.45, 7) is 6.86. The van der Waals surface area contributed by atoms with Crippen LogP contribution in [0.25, 0.3) is 0 Å². The first-order chi connectivity index (χ1) is 12.7. The molecular formula is C21H30N2O3. The highest BCUT2D eigenvalue weighted by atomic mass is 16.5. The van der Waals surface area contributed by atoms with Crippen molar-refractivity contribution in [2.45, 2.75) is 32.2 Å². The third-order valence-corrected chi connectivity index (χ3v) is 6.37. The van der Waals surface area contributed by atoms with Crippen LogP contribution in [0.1, 0.15) is 31.2 Å². The van der Waals surface area contributed by atoms with E-state index in [9.17, 15) is 4.79 Å². The molecule has 0 bridgehead atoms. The Morgan fingerprint density at radius 1 is 1.31 bits per heavy atom. The van der Waals surface area contributed by atoms with Crippen molar-refractivity contribution < 1.29 is 14.3 Å². The van der Waals surface area contributed by atoms with E-state index in [1.165, 1.54) is 6.42 Å². The average Bonchev–Trinajstić information content (AvgIpc) is 3.26. The molecule has 5 nitrogen and oxygen atoms in total. The van der Waals surface area contributed by atoms with Gasteiger partial charge in [-0.25, -0.2) is 0 Å². The van der Waals surface area contributed by atoms with E-state index < -0.39 is 0 Å². The summed E-state index contributed by atoms with van der Waals surface area (Å²) in [5, 5.41) is 0. The van der Waals surface area contributed by atoms with Gasteiger partial charge < -0.3 is 19.3 Å². The average molecular weight is 358 g/mol. The lowest BCUT2D eigenvalue weighted by atomic mass is 9.77. The van der Waals surface area contributed by atoms with Gasteiger partial charge in [-0.05, 0) is 61.4 Å². The second-order valence-corrected chi connectivity index (χ2v) is 8.31. The van der Waals surface area contributed by atoms with Crippen molar-refractivity contribution >= 4 is 5.91 Å². The number of carbonyl (C=O) groups is 1. The molecule has 26 heavy (non-hydrogen) atoms. The topological polar surface area (TPSA) is 42.0 Å². The molecule has 1 amide bonds. The normalized spacial score (nSPS) is 26.0. The standard InChI is InChI=1S/C21H30N2O3/c1-25-19-4-2-3-17(11-19)14-23-16-21(12-20(23)24)6-8-22(9-7-21)13-18-5-10-26-15-18/h2-4,11,18H,5-10,12-16H2,1H3. The minimum Gasteiger partial charge on any atom is -0.497 e. The first-order valence-electron chi connectivity index (χ1n) is 9.87. The molecule has 0 aromatic heterocycles. The van der Waals surface area contributed by atoms with Crippen LogP contribution in [0.3, 0.4) is 0 Å². The number of amides is 1. The monoisotopic (exact) mass is 358 g/mol. The summed E-state index contributed by atoms with van der Waals surface area (Å²) in [5.41, 5.74) is 1.34. The molecule has 142 valence electrons. The largest absolute Gasteiger partial charge is 0.497 e. The summed E-state index contributed by atoms with van der Waals surface area (Å²) in [4.78, 5) is 17.3. The molecule has 0 radical (unpaired) electrons. The van der Waals surface area contributed by atoms with Gasteiger partial charge in [-0.3, -0.25) is 4.79 Å². The molecule has 1 aromatic carbocycles. The van der Waals surface area contributed by atoms with Crippen molar-refractivity contribution in [1.82, 2.24) is 9.80 Å². The van der Waals surface area contributed by atoms with Crippen molar-refractivity contribution in [1.29, 1.82) is 0 Å². The molecule has 4 rings (SSSR count). The van der Waals surface area contributed by atoms with Crippen molar-refractivity contribution in [2.24, 2.45) is 11.3 Å². The maximum absolute atomic E-state index is 12.6. The Hall–Kier alpha value is -1.59. The molecule has 5 heteroatoms. The number of nitrogens with zero attached hydrogens (tertiary/aromatic N) is 2. The third kappa shape index (κ3) is 3.89. The minimum atomic E-state index is 0.193. The van der Waals surface area contributed by atoms with Crippen molar-refractivity contribution in [3.63, 3.8) is 0 Å². The Kier molecular flexibility index (Phi) is 5.18. The van der Waals surface area contributed by atoms with Crippen LogP contribution in [0, 0.1) is 11.3 Å². The van der Waals surface area contributed by atoms with Crippen LogP contribution in [0.4, 0.5) is 0 Å². The molecule has 1 spiro atoms. The minimum absolute atomic E-state index is 0.193. The number of hydrogen-bond acceptors (Lipinski definition) is 4. The van der Waals surface area contributed by atoms with Gasteiger partial charge in [0.15, 0.2) is 0 Å². The Morgan fingerprint density at radius 3 is 2.88 bits per heavy atom. The number of ether oxygens (including phenoxy) is 2. The smallest absolute Gasteiger partial charge is 0.223 e. The lowest BCUT2D eigenvalue weighted by Crippen LogP contribution is -2.43. The molecule has 0 saturated carbocycles. The fourth-order valence-corrected chi connectivity index (χ4v) is 4.75. The number of likely N-dealkylation sites (tertiary alicyclic amines) is 2. The zero-order valence-corrected chi connectivity index (χ0v) is 15.8. The quantitative estimate of drug-likeness (QED) is 0.811. The Morgan fingerprint density at radius 2 is 2.15 bits per heavy atom. The number of benzene rings is 1. The fourth-order valence-electron chi connectivity index (χ4n) is 4.75. The Labute approximate surface area is 156 Å². The molecule has 1 atom stereocenters. The first kappa shape index (κ1) is 17.8. The van der Waals surface area contributed by atoms with Crippen LogP contribution in [0.2, 0.25) is 0 Å².